The van der Waals surface area contributed by atoms with Crippen LogP contribution in [0.5, 0.6) is 0 Å². The van der Waals surface area contributed by atoms with Gasteiger partial charge in [-0.25, -0.2) is 9.89 Å². The van der Waals surface area contributed by atoms with Gasteiger partial charge >= 0.3 is 5.69 Å². The molecule has 21 heavy (non-hydrogen) atoms. The third-order valence-corrected chi connectivity index (χ3v) is 3.78. The lowest BCUT2D eigenvalue weighted by molar-refractivity contribution is -0.385. The van der Waals surface area contributed by atoms with Crippen LogP contribution in [0.2, 0.25) is 0 Å². The second-order valence-corrected chi connectivity index (χ2v) is 5.31. The third kappa shape index (κ3) is 3.31. The summed E-state index contributed by atoms with van der Waals surface area (Å²) in [5.74, 6) is 0. The number of rotatable bonds is 6. The Morgan fingerprint density at radius 2 is 2.29 bits per heavy atom. The first-order valence-electron chi connectivity index (χ1n) is 6.28. The number of H-pyrrole nitrogens is 1. The Morgan fingerprint density at radius 3 is 2.90 bits per heavy atom. The lowest BCUT2D eigenvalue weighted by Gasteiger charge is -2.05. The van der Waals surface area contributed by atoms with E-state index < -0.39 is 11.5 Å². The maximum absolute atomic E-state index is 11.6. The molecule has 112 valence electrons. The van der Waals surface area contributed by atoms with Crippen molar-refractivity contribution in [2.24, 2.45) is 0 Å². The van der Waals surface area contributed by atoms with Crippen molar-refractivity contribution in [1.29, 1.82) is 0 Å². The number of benzene rings is 1. The molecule has 1 aromatic heterocycles. The van der Waals surface area contributed by atoms with Gasteiger partial charge < -0.3 is 5.11 Å². The lowest BCUT2D eigenvalue weighted by atomic mass is 10.2. The Labute approximate surface area is 124 Å². The highest BCUT2D eigenvalue weighted by Gasteiger charge is 2.15. The SMILES string of the molecule is CCCn1c(Sc2ccc([N+](=O)[O-])c(CO)c2)n[nH]c1=O. The molecular weight excluding hydrogens is 296 g/mol. The molecule has 0 amide bonds. The van der Waals surface area contributed by atoms with Gasteiger partial charge in [0.15, 0.2) is 5.16 Å². The quantitative estimate of drug-likeness (QED) is 0.618. The molecule has 0 aliphatic carbocycles. The first-order chi connectivity index (χ1) is 10.1. The predicted octanol–water partition coefficient (Wildman–Crippen LogP) is 1.53. The molecule has 1 heterocycles. The predicted molar refractivity (Wildman–Crippen MR) is 76.3 cm³/mol. The van der Waals surface area contributed by atoms with Gasteiger partial charge in [-0.1, -0.05) is 6.92 Å². The third-order valence-electron chi connectivity index (χ3n) is 2.80. The zero-order valence-electron chi connectivity index (χ0n) is 11.3. The van der Waals surface area contributed by atoms with Crippen LogP contribution in [0.3, 0.4) is 0 Å². The van der Waals surface area contributed by atoms with E-state index in [0.29, 0.717) is 16.6 Å². The van der Waals surface area contributed by atoms with Crippen LogP contribution < -0.4 is 5.69 Å². The fourth-order valence-corrected chi connectivity index (χ4v) is 2.76. The fraction of sp³-hybridized carbons (Fsp3) is 0.333. The maximum Gasteiger partial charge on any atom is 0.343 e. The van der Waals surface area contributed by atoms with Crippen LogP contribution in [-0.2, 0) is 13.2 Å². The number of aliphatic hydroxyl groups excluding tert-OH is 1. The number of hydrogen-bond acceptors (Lipinski definition) is 6. The van der Waals surface area contributed by atoms with E-state index >= 15 is 0 Å². The summed E-state index contributed by atoms with van der Waals surface area (Å²) in [6.07, 6.45) is 0.787. The van der Waals surface area contributed by atoms with E-state index in [-0.39, 0.29) is 16.9 Å². The Hall–Kier alpha value is -2.13. The van der Waals surface area contributed by atoms with Crippen LogP contribution in [0.15, 0.2) is 33.0 Å². The molecule has 0 aliphatic heterocycles. The van der Waals surface area contributed by atoms with Crippen LogP contribution in [0, 0.1) is 10.1 Å². The van der Waals surface area contributed by atoms with Crippen molar-refractivity contribution < 1.29 is 10.0 Å². The summed E-state index contributed by atoms with van der Waals surface area (Å²) in [6.45, 7) is 2.06. The lowest BCUT2D eigenvalue weighted by Crippen LogP contribution is -2.17. The monoisotopic (exact) mass is 310 g/mol. The number of nitro benzene ring substituents is 1. The minimum absolute atomic E-state index is 0.130. The van der Waals surface area contributed by atoms with Crippen molar-refractivity contribution in [1.82, 2.24) is 14.8 Å². The molecule has 0 atom stereocenters. The van der Waals surface area contributed by atoms with Crippen LogP contribution in [-0.4, -0.2) is 24.8 Å². The molecule has 2 N–H and O–H groups in total. The molecule has 0 unspecified atom stereocenters. The van der Waals surface area contributed by atoms with Crippen LogP contribution >= 0.6 is 11.8 Å². The van der Waals surface area contributed by atoms with Gasteiger partial charge in [-0.05, 0) is 30.3 Å². The van der Waals surface area contributed by atoms with Gasteiger partial charge in [0, 0.05) is 17.5 Å². The molecular formula is C12H14N4O4S. The number of aromatic amines is 1. The highest BCUT2D eigenvalue weighted by molar-refractivity contribution is 7.99. The molecule has 2 aromatic rings. The summed E-state index contributed by atoms with van der Waals surface area (Å²) in [5.41, 5.74) is -0.191. The number of nitrogens with one attached hydrogen (secondary N) is 1. The molecule has 0 aliphatic rings. The van der Waals surface area contributed by atoms with E-state index in [1.165, 1.54) is 28.5 Å². The van der Waals surface area contributed by atoms with E-state index in [9.17, 15) is 20.0 Å². The Balaban J connectivity index is 2.32. The van der Waals surface area contributed by atoms with Crippen molar-refractivity contribution in [2.45, 2.75) is 36.5 Å². The Morgan fingerprint density at radius 1 is 1.52 bits per heavy atom. The van der Waals surface area contributed by atoms with Crippen LogP contribution in [0.1, 0.15) is 18.9 Å². The van der Waals surface area contributed by atoms with E-state index in [1.54, 1.807) is 6.07 Å². The van der Waals surface area contributed by atoms with Crippen molar-refractivity contribution in [3.05, 3.63) is 44.4 Å². The Bertz CT molecular complexity index is 710. The largest absolute Gasteiger partial charge is 0.391 e. The number of nitro groups is 1. The highest BCUT2D eigenvalue weighted by atomic mass is 32.2. The molecule has 0 spiro atoms. The van der Waals surface area contributed by atoms with Gasteiger partial charge in [-0.3, -0.25) is 14.7 Å². The summed E-state index contributed by atoms with van der Waals surface area (Å²) >= 11 is 1.21. The molecule has 0 bridgehead atoms. The standard InChI is InChI=1S/C12H14N4O4S/c1-2-5-15-11(18)13-14-12(15)21-9-3-4-10(16(19)20)8(6-9)7-17/h3-4,6,17H,2,5,7H2,1H3,(H,13,18). The normalized spacial score (nSPS) is 10.8. The van der Waals surface area contributed by atoms with E-state index in [4.69, 9.17) is 0 Å². The number of nitrogens with zero attached hydrogens (tertiary/aromatic N) is 3. The summed E-state index contributed by atoms with van der Waals surface area (Å²) in [6, 6.07) is 4.43. The fourth-order valence-electron chi connectivity index (χ4n) is 1.84. The smallest absolute Gasteiger partial charge is 0.343 e. The van der Waals surface area contributed by atoms with Gasteiger partial charge in [0.05, 0.1) is 17.1 Å². The van der Waals surface area contributed by atoms with E-state index in [0.717, 1.165) is 6.42 Å². The molecule has 8 nitrogen and oxygen atoms in total. The van der Waals surface area contributed by atoms with E-state index in [1.807, 2.05) is 6.92 Å². The number of hydrogen-bond donors (Lipinski definition) is 2. The number of aliphatic hydroxyl groups is 1. The molecule has 0 radical (unpaired) electrons. The van der Waals surface area contributed by atoms with Crippen molar-refractivity contribution in [3.8, 4) is 0 Å². The zero-order valence-corrected chi connectivity index (χ0v) is 12.1. The van der Waals surface area contributed by atoms with E-state index in [2.05, 4.69) is 10.2 Å². The van der Waals surface area contributed by atoms with Gasteiger partial charge in [-0.2, -0.15) is 0 Å². The van der Waals surface area contributed by atoms with Crippen molar-refractivity contribution >= 4 is 17.4 Å². The van der Waals surface area contributed by atoms with Gasteiger partial charge in [-0.15, -0.1) is 5.10 Å². The molecule has 0 saturated carbocycles. The zero-order chi connectivity index (χ0) is 15.4. The summed E-state index contributed by atoms with van der Waals surface area (Å²) < 4.78 is 1.50. The van der Waals surface area contributed by atoms with Gasteiger partial charge in [0.1, 0.15) is 0 Å². The molecule has 1 aromatic carbocycles. The second kappa shape index (κ2) is 6.55. The highest BCUT2D eigenvalue weighted by Crippen LogP contribution is 2.29. The maximum atomic E-state index is 11.6. The van der Waals surface area contributed by atoms with Crippen LogP contribution in [0.4, 0.5) is 5.69 Å². The topological polar surface area (TPSA) is 114 Å². The summed E-state index contributed by atoms with van der Waals surface area (Å²) in [4.78, 5) is 22.5. The molecule has 0 saturated heterocycles. The minimum atomic E-state index is -0.540. The Kier molecular flexibility index (Phi) is 4.76. The average molecular weight is 310 g/mol. The average Bonchev–Trinajstić information content (AvgIpc) is 2.80. The summed E-state index contributed by atoms with van der Waals surface area (Å²) in [5, 5.41) is 26.8. The van der Waals surface area contributed by atoms with Gasteiger partial charge in [0.2, 0.25) is 0 Å². The molecule has 0 fully saturated rings. The summed E-state index contributed by atoms with van der Waals surface area (Å²) in [7, 11) is 0. The molecule has 2 rings (SSSR count). The molecule has 9 heteroatoms. The first kappa shape index (κ1) is 15.3. The van der Waals surface area contributed by atoms with Crippen molar-refractivity contribution in [3.63, 3.8) is 0 Å². The van der Waals surface area contributed by atoms with Crippen LogP contribution in [0.25, 0.3) is 0 Å². The van der Waals surface area contributed by atoms with Gasteiger partial charge in [0.25, 0.3) is 5.69 Å². The first-order valence-corrected chi connectivity index (χ1v) is 7.09. The minimum Gasteiger partial charge on any atom is -0.391 e. The second-order valence-electron chi connectivity index (χ2n) is 4.27. The number of aromatic nitrogens is 3. The van der Waals surface area contributed by atoms with Crippen molar-refractivity contribution in [2.75, 3.05) is 0 Å².